The van der Waals surface area contributed by atoms with Crippen molar-refractivity contribution in [2.45, 2.75) is 9.77 Å². The largest absolute Gasteiger partial charge is 0.363 e. The van der Waals surface area contributed by atoms with Crippen molar-refractivity contribution in [1.29, 1.82) is 0 Å². The second-order valence-corrected chi connectivity index (χ2v) is 6.11. The van der Waals surface area contributed by atoms with Crippen LogP contribution >= 0.6 is 11.8 Å². The maximum absolute atomic E-state index is 3.62. The molecule has 1 nitrogen and oxygen atoms in total. The van der Waals surface area contributed by atoms with Crippen LogP contribution in [-0.4, -0.2) is 4.87 Å². The summed E-state index contributed by atoms with van der Waals surface area (Å²) in [6, 6.07) is 8.50. The molecular formula is C16H13NS. The van der Waals surface area contributed by atoms with E-state index in [0.717, 1.165) is 0 Å². The fourth-order valence-electron chi connectivity index (χ4n) is 2.65. The quantitative estimate of drug-likeness (QED) is 0.695. The van der Waals surface area contributed by atoms with Gasteiger partial charge in [-0.05, 0) is 29.9 Å². The van der Waals surface area contributed by atoms with Crippen LogP contribution in [0.2, 0.25) is 0 Å². The monoisotopic (exact) mass is 251 g/mol. The van der Waals surface area contributed by atoms with Gasteiger partial charge in [-0.3, -0.25) is 0 Å². The lowest BCUT2D eigenvalue weighted by atomic mass is 9.88. The van der Waals surface area contributed by atoms with Crippen LogP contribution in [-0.2, 0) is 0 Å². The minimum absolute atomic E-state index is 0.0922. The Morgan fingerprint density at radius 2 is 2.06 bits per heavy atom. The molecule has 0 bridgehead atoms. The molecule has 0 amide bonds. The van der Waals surface area contributed by atoms with Crippen LogP contribution < -0.4 is 5.32 Å². The highest BCUT2D eigenvalue weighted by Crippen LogP contribution is 2.49. The third kappa shape index (κ3) is 1.49. The number of fused-ring (bicyclic) bond motifs is 2. The molecule has 0 radical (unpaired) electrons. The van der Waals surface area contributed by atoms with Crippen LogP contribution in [0, 0.1) is 5.92 Å². The third-order valence-corrected chi connectivity index (χ3v) is 4.80. The minimum Gasteiger partial charge on any atom is -0.363 e. The van der Waals surface area contributed by atoms with Crippen LogP contribution in [0.5, 0.6) is 0 Å². The van der Waals surface area contributed by atoms with Gasteiger partial charge < -0.3 is 5.32 Å². The Morgan fingerprint density at radius 3 is 3.00 bits per heavy atom. The van der Waals surface area contributed by atoms with Crippen molar-refractivity contribution < 1.29 is 0 Å². The number of para-hydroxylation sites is 1. The zero-order chi connectivity index (χ0) is 12.0. The van der Waals surface area contributed by atoms with E-state index >= 15 is 0 Å². The van der Waals surface area contributed by atoms with Gasteiger partial charge in [0.1, 0.15) is 4.87 Å². The minimum atomic E-state index is -0.0922. The first-order valence-corrected chi connectivity index (χ1v) is 7.00. The van der Waals surface area contributed by atoms with E-state index in [1.165, 1.54) is 16.2 Å². The maximum Gasteiger partial charge on any atom is 0.126 e. The van der Waals surface area contributed by atoms with Crippen molar-refractivity contribution in [2.24, 2.45) is 5.92 Å². The van der Waals surface area contributed by atoms with Gasteiger partial charge in [-0.25, -0.2) is 0 Å². The Labute approximate surface area is 111 Å². The summed E-state index contributed by atoms with van der Waals surface area (Å²) in [6.45, 7) is 0. The van der Waals surface area contributed by atoms with E-state index < -0.39 is 0 Å². The van der Waals surface area contributed by atoms with E-state index in [1.54, 1.807) is 0 Å². The van der Waals surface area contributed by atoms with Gasteiger partial charge in [-0.15, -0.1) is 0 Å². The number of allylic oxidation sites excluding steroid dienone is 6. The molecule has 0 saturated heterocycles. The Kier molecular flexibility index (Phi) is 2.09. The van der Waals surface area contributed by atoms with E-state index in [-0.39, 0.29) is 4.87 Å². The van der Waals surface area contributed by atoms with Gasteiger partial charge in [-0.1, -0.05) is 54.3 Å². The molecule has 0 aromatic heterocycles. The number of benzene rings is 1. The normalized spacial score (nSPS) is 30.9. The lowest BCUT2D eigenvalue weighted by Crippen LogP contribution is -2.29. The molecule has 1 aliphatic heterocycles. The van der Waals surface area contributed by atoms with E-state index in [2.05, 4.69) is 72.1 Å². The number of hydrogen-bond donors (Lipinski definition) is 1. The molecule has 1 spiro atoms. The fraction of sp³-hybridized carbons (Fsp3) is 0.125. The van der Waals surface area contributed by atoms with Crippen molar-refractivity contribution in [3.8, 4) is 0 Å². The van der Waals surface area contributed by atoms with Crippen molar-refractivity contribution in [1.82, 2.24) is 0 Å². The standard InChI is InChI=1S/C16H13NS/c1-2-6-13-11-16(10-9-12(13)5-1)17-14-7-3-4-8-15(14)18-16/h1-12,17H. The molecule has 1 aromatic carbocycles. The average Bonchev–Trinajstić information content (AvgIpc) is 2.76. The van der Waals surface area contributed by atoms with Crippen LogP contribution in [0.15, 0.2) is 77.3 Å². The summed E-state index contributed by atoms with van der Waals surface area (Å²) in [6.07, 6.45) is 15.6. The third-order valence-electron chi connectivity index (χ3n) is 3.53. The molecule has 0 saturated carbocycles. The lowest BCUT2D eigenvalue weighted by molar-refractivity contribution is 0.891. The first-order valence-electron chi connectivity index (χ1n) is 6.18. The molecule has 88 valence electrons. The van der Waals surface area contributed by atoms with Crippen molar-refractivity contribution in [2.75, 3.05) is 5.32 Å². The maximum atomic E-state index is 3.62. The van der Waals surface area contributed by atoms with Gasteiger partial charge in [0.05, 0.1) is 0 Å². The zero-order valence-corrected chi connectivity index (χ0v) is 10.7. The summed E-state index contributed by atoms with van der Waals surface area (Å²) in [4.78, 5) is 1.23. The topological polar surface area (TPSA) is 12.0 Å². The number of anilines is 1. The van der Waals surface area contributed by atoms with Crippen LogP contribution in [0.25, 0.3) is 0 Å². The van der Waals surface area contributed by atoms with Gasteiger partial charge in [0.25, 0.3) is 0 Å². The Bertz CT molecular complexity index is 597. The van der Waals surface area contributed by atoms with Gasteiger partial charge >= 0.3 is 0 Å². The lowest BCUT2D eigenvalue weighted by Gasteiger charge is -2.29. The van der Waals surface area contributed by atoms with Gasteiger partial charge in [0.2, 0.25) is 0 Å². The summed E-state index contributed by atoms with van der Waals surface area (Å²) in [5.74, 6) is 0.451. The van der Waals surface area contributed by atoms with E-state index in [4.69, 9.17) is 0 Å². The summed E-state index contributed by atoms with van der Waals surface area (Å²) in [7, 11) is 0. The predicted molar refractivity (Wildman–Crippen MR) is 77.6 cm³/mol. The Hall–Kier alpha value is -1.67. The van der Waals surface area contributed by atoms with Crippen molar-refractivity contribution in [3.05, 3.63) is 72.4 Å². The molecule has 2 unspecified atom stereocenters. The number of rotatable bonds is 0. The number of nitrogens with one attached hydrogen (secondary N) is 1. The Morgan fingerprint density at radius 1 is 1.11 bits per heavy atom. The highest BCUT2D eigenvalue weighted by atomic mass is 32.2. The van der Waals surface area contributed by atoms with Gasteiger partial charge in [0.15, 0.2) is 0 Å². The molecule has 1 N–H and O–H groups in total. The van der Waals surface area contributed by atoms with Gasteiger partial charge in [-0.2, -0.15) is 0 Å². The van der Waals surface area contributed by atoms with Crippen molar-refractivity contribution >= 4 is 17.4 Å². The Balaban J connectivity index is 1.74. The van der Waals surface area contributed by atoms with Crippen LogP contribution in [0.4, 0.5) is 5.69 Å². The first-order chi connectivity index (χ1) is 8.85. The molecule has 2 atom stereocenters. The average molecular weight is 251 g/mol. The molecule has 1 heterocycles. The van der Waals surface area contributed by atoms with E-state index in [0.29, 0.717) is 5.92 Å². The summed E-state index contributed by atoms with van der Waals surface area (Å²) < 4.78 is 0. The van der Waals surface area contributed by atoms with E-state index in [9.17, 15) is 0 Å². The molecule has 18 heavy (non-hydrogen) atoms. The first kappa shape index (κ1) is 10.3. The molecule has 2 aliphatic carbocycles. The van der Waals surface area contributed by atoms with Crippen molar-refractivity contribution in [3.63, 3.8) is 0 Å². The molecule has 2 heteroatoms. The number of hydrogen-bond acceptors (Lipinski definition) is 2. The van der Waals surface area contributed by atoms with Crippen LogP contribution in [0.3, 0.4) is 0 Å². The number of thioether (sulfide) groups is 1. The second kappa shape index (κ2) is 3.66. The summed E-state index contributed by atoms with van der Waals surface area (Å²) in [5.41, 5.74) is 2.62. The smallest absolute Gasteiger partial charge is 0.126 e. The second-order valence-electron chi connectivity index (χ2n) is 4.79. The highest BCUT2D eigenvalue weighted by Gasteiger charge is 2.36. The molecule has 0 fully saturated rings. The SMILES string of the molecule is C1=CC2=CC3(C=CC2C=C1)Nc1ccccc1S3. The molecule has 1 aromatic rings. The summed E-state index contributed by atoms with van der Waals surface area (Å²) in [5, 5.41) is 3.62. The van der Waals surface area contributed by atoms with E-state index in [1.807, 2.05) is 11.8 Å². The summed E-state index contributed by atoms with van der Waals surface area (Å²) >= 11 is 1.88. The molecular weight excluding hydrogens is 238 g/mol. The molecule has 4 rings (SSSR count). The zero-order valence-electron chi connectivity index (χ0n) is 9.84. The van der Waals surface area contributed by atoms with Crippen LogP contribution in [0.1, 0.15) is 0 Å². The molecule has 3 aliphatic rings. The predicted octanol–water partition coefficient (Wildman–Crippen LogP) is 4.14. The fourth-order valence-corrected chi connectivity index (χ4v) is 3.89. The highest BCUT2D eigenvalue weighted by molar-refractivity contribution is 8.01. The van der Waals surface area contributed by atoms with Gasteiger partial charge in [0, 0.05) is 16.5 Å².